The summed E-state index contributed by atoms with van der Waals surface area (Å²) in [5.41, 5.74) is -0.448. The van der Waals surface area contributed by atoms with Gasteiger partial charge in [-0.1, -0.05) is 0 Å². The molecular weight excluding hydrogens is 452 g/mol. The van der Waals surface area contributed by atoms with Gasteiger partial charge in [-0.3, -0.25) is 19.8 Å². The zero-order valence-corrected chi connectivity index (χ0v) is 18.0. The van der Waals surface area contributed by atoms with E-state index in [9.17, 15) is 24.5 Å². The molecule has 13 nitrogen and oxygen atoms in total. The van der Waals surface area contributed by atoms with Gasteiger partial charge < -0.3 is 23.9 Å². The number of nitro groups is 1. The fraction of sp³-hybridized carbons (Fsp3) is 0.238. The molecule has 1 aromatic carbocycles. The van der Waals surface area contributed by atoms with Gasteiger partial charge in [-0.2, -0.15) is 5.26 Å². The number of imide groups is 1. The van der Waals surface area contributed by atoms with Gasteiger partial charge in [0.15, 0.2) is 12.4 Å². The van der Waals surface area contributed by atoms with Crippen molar-refractivity contribution < 1.29 is 37.9 Å². The van der Waals surface area contributed by atoms with Crippen LogP contribution < -0.4 is 14.8 Å². The van der Waals surface area contributed by atoms with Crippen LogP contribution in [0.1, 0.15) is 28.8 Å². The van der Waals surface area contributed by atoms with Gasteiger partial charge in [-0.25, -0.2) is 9.59 Å². The first-order valence-corrected chi connectivity index (χ1v) is 9.75. The molecule has 1 aliphatic heterocycles. The van der Waals surface area contributed by atoms with E-state index in [1.54, 1.807) is 13.0 Å². The number of methoxy groups -OCH3 is 1. The standard InChI is InChI=1S/C21H18N4O9/c1-3-32-17-10-12(9-15(25(29)30)18(17)33-7-6-22)8-14-19(26)24(21(28)23-14)11-13-4-5-16(34-13)20(27)31-2/h4-5,8-10H,3,7,11H2,1-2H3,(H,23,28). The third kappa shape index (κ3) is 4.96. The smallest absolute Gasteiger partial charge is 0.373 e. The average Bonchev–Trinajstić information content (AvgIpc) is 3.38. The number of carbonyl (C=O) groups is 3. The Morgan fingerprint density at radius 1 is 1.32 bits per heavy atom. The SMILES string of the molecule is CCOc1cc(C=C2NC(=O)N(Cc3ccc(C(=O)OC)o3)C2=O)cc([N+](=O)[O-])c1OCC#N. The Labute approximate surface area is 192 Å². The van der Waals surface area contributed by atoms with Crippen LogP contribution in [0.2, 0.25) is 0 Å². The average molecular weight is 470 g/mol. The number of carbonyl (C=O) groups excluding carboxylic acids is 3. The topological polar surface area (TPSA) is 174 Å². The molecule has 3 rings (SSSR count). The molecule has 1 fully saturated rings. The number of esters is 1. The maximum Gasteiger partial charge on any atom is 0.373 e. The third-order valence-corrected chi connectivity index (χ3v) is 4.47. The second-order valence-electron chi connectivity index (χ2n) is 6.64. The Hall–Kier alpha value is -4.86. The molecule has 3 amide bonds. The minimum atomic E-state index is -0.749. The van der Waals surface area contributed by atoms with Gasteiger partial charge in [0, 0.05) is 6.07 Å². The molecule has 1 saturated heterocycles. The molecule has 1 aliphatic rings. The van der Waals surface area contributed by atoms with Crippen LogP contribution in [0.25, 0.3) is 6.08 Å². The predicted octanol–water partition coefficient (Wildman–Crippen LogP) is 2.37. The second kappa shape index (κ2) is 10.2. The van der Waals surface area contributed by atoms with E-state index in [2.05, 4.69) is 10.1 Å². The second-order valence-corrected chi connectivity index (χ2v) is 6.64. The first-order valence-electron chi connectivity index (χ1n) is 9.75. The van der Waals surface area contributed by atoms with Crippen molar-refractivity contribution in [3.63, 3.8) is 0 Å². The highest BCUT2D eigenvalue weighted by atomic mass is 16.6. The van der Waals surface area contributed by atoms with Crippen LogP contribution >= 0.6 is 0 Å². The van der Waals surface area contributed by atoms with Crippen LogP contribution in [0.15, 0.2) is 34.4 Å². The summed E-state index contributed by atoms with van der Waals surface area (Å²) in [7, 11) is 1.18. The van der Waals surface area contributed by atoms with E-state index >= 15 is 0 Å². The first-order chi connectivity index (χ1) is 16.3. The highest BCUT2D eigenvalue weighted by molar-refractivity contribution is 6.13. The van der Waals surface area contributed by atoms with Crippen LogP contribution in [0.3, 0.4) is 0 Å². The van der Waals surface area contributed by atoms with Crippen molar-refractivity contribution in [2.45, 2.75) is 13.5 Å². The summed E-state index contributed by atoms with van der Waals surface area (Å²) >= 11 is 0. The summed E-state index contributed by atoms with van der Waals surface area (Å²) in [6.45, 7) is 1.11. The lowest BCUT2D eigenvalue weighted by Crippen LogP contribution is -2.30. The number of hydrogen-bond acceptors (Lipinski definition) is 10. The zero-order valence-electron chi connectivity index (χ0n) is 18.0. The minimum Gasteiger partial charge on any atom is -0.490 e. The molecule has 34 heavy (non-hydrogen) atoms. The molecule has 2 aromatic rings. The van der Waals surface area contributed by atoms with Crippen molar-refractivity contribution in [3.8, 4) is 17.6 Å². The van der Waals surface area contributed by atoms with Gasteiger partial charge in [0.2, 0.25) is 11.5 Å². The Morgan fingerprint density at radius 3 is 2.74 bits per heavy atom. The van der Waals surface area contributed by atoms with Crippen molar-refractivity contribution in [1.29, 1.82) is 5.26 Å². The quantitative estimate of drug-likeness (QED) is 0.188. The molecule has 0 aliphatic carbocycles. The maximum absolute atomic E-state index is 12.8. The summed E-state index contributed by atoms with van der Waals surface area (Å²) < 4.78 is 20.4. The van der Waals surface area contributed by atoms with Crippen LogP contribution in [0, 0.1) is 21.4 Å². The molecule has 0 saturated carbocycles. The number of ether oxygens (including phenoxy) is 3. The highest BCUT2D eigenvalue weighted by Gasteiger charge is 2.35. The number of amides is 3. The molecular formula is C21H18N4O9. The molecule has 0 bridgehead atoms. The fourth-order valence-corrected chi connectivity index (χ4v) is 3.05. The number of benzene rings is 1. The Balaban J connectivity index is 1.90. The van der Waals surface area contributed by atoms with Gasteiger partial charge in [-0.05, 0) is 36.8 Å². The number of nitrogens with one attached hydrogen (secondary N) is 1. The van der Waals surface area contributed by atoms with Crippen LogP contribution in [0.5, 0.6) is 11.5 Å². The summed E-state index contributed by atoms with van der Waals surface area (Å²) in [6.07, 6.45) is 1.24. The molecule has 1 aromatic heterocycles. The number of urea groups is 1. The number of furan rings is 1. The molecule has 0 radical (unpaired) electrons. The number of nitrogens with zero attached hydrogens (tertiary/aromatic N) is 3. The van der Waals surface area contributed by atoms with E-state index in [1.807, 2.05) is 0 Å². The number of hydrogen-bond donors (Lipinski definition) is 1. The van der Waals surface area contributed by atoms with Gasteiger partial charge in [0.1, 0.15) is 17.5 Å². The van der Waals surface area contributed by atoms with E-state index in [-0.39, 0.29) is 47.4 Å². The Bertz CT molecular complexity index is 1230. The van der Waals surface area contributed by atoms with Crippen molar-refractivity contribution in [2.75, 3.05) is 20.3 Å². The number of nitro benzene ring substituents is 1. The number of nitriles is 1. The lowest BCUT2D eigenvalue weighted by molar-refractivity contribution is -0.385. The first kappa shape index (κ1) is 23.8. The number of rotatable bonds is 9. The summed E-state index contributed by atoms with van der Waals surface area (Å²) in [4.78, 5) is 48.3. The summed E-state index contributed by atoms with van der Waals surface area (Å²) in [6, 6.07) is 6.26. The summed E-state index contributed by atoms with van der Waals surface area (Å²) in [5, 5.41) is 22.7. The normalized spacial score (nSPS) is 14.0. The van der Waals surface area contributed by atoms with Crippen molar-refractivity contribution in [3.05, 3.63) is 57.2 Å². The van der Waals surface area contributed by atoms with Crippen LogP contribution in [-0.4, -0.2) is 48.1 Å². The van der Waals surface area contributed by atoms with E-state index in [1.165, 1.54) is 31.4 Å². The Morgan fingerprint density at radius 2 is 2.09 bits per heavy atom. The van der Waals surface area contributed by atoms with Crippen molar-refractivity contribution >= 4 is 29.7 Å². The van der Waals surface area contributed by atoms with E-state index in [0.717, 1.165) is 11.0 Å². The monoisotopic (exact) mass is 470 g/mol. The van der Waals surface area contributed by atoms with Crippen LogP contribution in [0.4, 0.5) is 10.5 Å². The lowest BCUT2D eigenvalue weighted by Gasteiger charge is -2.11. The molecule has 13 heteroatoms. The highest BCUT2D eigenvalue weighted by Crippen LogP contribution is 2.39. The molecule has 1 N–H and O–H groups in total. The van der Waals surface area contributed by atoms with Gasteiger partial charge in [0.25, 0.3) is 5.91 Å². The molecule has 2 heterocycles. The maximum atomic E-state index is 12.8. The van der Waals surface area contributed by atoms with Gasteiger partial charge in [-0.15, -0.1) is 0 Å². The van der Waals surface area contributed by atoms with Crippen molar-refractivity contribution in [1.82, 2.24) is 10.2 Å². The fourth-order valence-electron chi connectivity index (χ4n) is 3.05. The molecule has 176 valence electrons. The zero-order chi connectivity index (χ0) is 24.8. The van der Waals surface area contributed by atoms with E-state index in [0.29, 0.717) is 0 Å². The largest absolute Gasteiger partial charge is 0.490 e. The molecule has 0 spiro atoms. The predicted molar refractivity (Wildman–Crippen MR) is 112 cm³/mol. The lowest BCUT2D eigenvalue weighted by atomic mass is 10.1. The Kier molecular flexibility index (Phi) is 7.12. The van der Waals surface area contributed by atoms with Gasteiger partial charge >= 0.3 is 17.7 Å². The van der Waals surface area contributed by atoms with Crippen LogP contribution in [-0.2, 0) is 16.1 Å². The van der Waals surface area contributed by atoms with E-state index in [4.69, 9.17) is 19.2 Å². The molecule has 0 atom stereocenters. The summed E-state index contributed by atoms with van der Waals surface area (Å²) in [5.74, 6) is -1.57. The minimum absolute atomic E-state index is 0.00152. The van der Waals surface area contributed by atoms with Gasteiger partial charge in [0.05, 0.1) is 25.2 Å². The van der Waals surface area contributed by atoms with Crippen molar-refractivity contribution in [2.24, 2.45) is 0 Å². The van der Waals surface area contributed by atoms with E-state index < -0.39 is 35.1 Å². The molecule has 0 unspecified atom stereocenters. The third-order valence-electron chi connectivity index (χ3n) is 4.47.